The van der Waals surface area contributed by atoms with Crippen LogP contribution >= 0.6 is 11.6 Å². The molecule has 0 saturated carbocycles. The van der Waals surface area contributed by atoms with Crippen molar-refractivity contribution in [3.8, 4) is 0 Å². The summed E-state index contributed by atoms with van der Waals surface area (Å²) in [7, 11) is -4.09. The molecule has 3 rings (SSSR count). The second-order valence-electron chi connectivity index (χ2n) is 10.1. The molecule has 39 heavy (non-hydrogen) atoms. The molecule has 208 valence electrons. The lowest BCUT2D eigenvalue weighted by molar-refractivity contribution is -0.139. The summed E-state index contributed by atoms with van der Waals surface area (Å²) in [5.41, 5.74) is 2.88. The number of anilines is 1. The van der Waals surface area contributed by atoms with E-state index < -0.39 is 28.5 Å². The number of sulfonamides is 1. The molecule has 0 fully saturated rings. The van der Waals surface area contributed by atoms with Crippen LogP contribution in [0.2, 0.25) is 5.02 Å². The molecule has 1 N–H and O–H groups in total. The van der Waals surface area contributed by atoms with Crippen LogP contribution in [0.4, 0.5) is 5.69 Å². The summed E-state index contributed by atoms with van der Waals surface area (Å²) in [6, 6.07) is 19.6. The van der Waals surface area contributed by atoms with Crippen molar-refractivity contribution >= 4 is 39.1 Å². The number of nitrogens with one attached hydrogen (secondary N) is 1. The molecule has 7 nitrogen and oxygen atoms in total. The molecule has 0 heterocycles. The first kappa shape index (κ1) is 30.2. The predicted octanol–water partition coefficient (Wildman–Crippen LogP) is 5.34. The van der Waals surface area contributed by atoms with Crippen molar-refractivity contribution in [2.24, 2.45) is 5.92 Å². The number of aryl methyl sites for hydroxylation is 2. The molecule has 3 aromatic rings. The molecule has 3 aromatic carbocycles. The molecule has 0 radical (unpaired) electrons. The van der Waals surface area contributed by atoms with Crippen LogP contribution in [0.3, 0.4) is 0 Å². The van der Waals surface area contributed by atoms with Gasteiger partial charge in [-0.2, -0.15) is 0 Å². The Morgan fingerprint density at radius 1 is 0.897 bits per heavy atom. The summed E-state index contributed by atoms with van der Waals surface area (Å²) in [5, 5.41) is 3.43. The van der Waals surface area contributed by atoms with Gasteiger partial charge < -0.3 is 10.2 Å². The smallest absolute Gasteiger partial charge is 0.264 e. The molecule has 9 heteroatoms. The number of carbonyl (C=O) groups excluding carboxylic acids is 2. The van der Waals surface area contributed by atoms with E-state index in [2.05, 4.69) is 5.32 Å². The Hall–Kier alpha value is -3.36. The monoisotopic (exact) mass is 569 g/mol. The Kier molecular flexibility index (Phi) is 10.2. The molecule has 0 aliphatic heterocycles. The highest BCUT2D eigenvalue weighted by Crippen LogP contribution is 2.26. The molecule has 0 saturated heterocycles. The third kappa shape index (κ3) is 8.07. The molecule has 0 bridgehead atoms. The Bertz CT molecular complexity index is 1370. The molecule has 0 aromatic heterocycles. The van der Waals surface area contributed by atoms with E-state index in [1.807, 2.05) is 33.8 Å². The lowest BCUT2D eigenvalue weighted by atomic mass is 10.1. The quantitative estimate of drug-likeness (QED) is 0.338. The van der Waals surface area contributed by atoms with Gasteiger partial charge in [-0.05, 0) is 79.8 Å². The minimum Gasteiger partial charge on any atom is -0.354 e. The van der Waals surface area contributed by atoms with Crippen LogP contribution in [-0.4, -0.2) is 44.3 Å². The first-order chi connectivity index (χ1) is 18.4. The number of halogens is 1. The highest BCUT2D eigenvalue weighted by molar-refractivity contribution is 7.92. The summed E-state index contributed by atoms with van der Waals surface area (Å²) in [6.45, 7) is 9.46. The van der Waals surface area contributed by atoms with E-state index in [9.17, 15) is 18.0 Å². The summed E-state index contributed by atoms with van der Waals surface area (Å²) in [5.74, 6) is -0.580. The van der Waals surface area contributed by atoms with E-state index in [1.54, 1.807) is 61.5 Å². The standard InChI is InChI=1S/C30H36ClN3O4S/c1-21(2)18-32-30(36)24(5)33(19-25-11-13-26(31)14-12-25)29(35)20-34(27-16-22(3)15-23(4)17-27)39(37,38)28-9-7-6-8-10-28/h6-17,21,24H,18-20H2,1-5H3,(H,32,36)/t24-/m0/s1. The maximum Gasteiger partial charge on any atom is 0.264 e. The predicted molar refractivity (Wildman–Crippen MR) is 156 cm³/mol. The first-order valence-corrected chi connectivity index (χ1v) is 14.7. The number of hydrogen-bond acceptors (Lipinski definition) is 4. The molecule has 0 aliphatic rings. The fourth-order valence-electron chi connectivity index (χ4n) is 4.16. The van der Waals surface area contributed by atoms with Crippen LogP contribution in [0.15, 0.2) is 77.7 Å². The molecular formula is C30H36ClN3O4S. The lowest BCUT2D eigenvalue weighted by Crippen LogP contribution is -2.51. The highest BCUT2D eigenvalue weighted by atomic mass is 35.5. The van der Waals surface area contributed by atoms with E-state index in [4.69, 9.17) is 11.6 Å². The lowest BCUT2D eigenvalue weighted by Gasteiger charge is -2.32. The van der Waals surface area contributed by atoms with Gasteiger partial charge >= 0.3 is 0 Å². The maximum atomic E-state index is 13.9. The minimum absolute atomic E-state index is 0.0731. The fourth-order valence-corrected chi connectivity index (χ4v) is 5.71. The molecule has 1 atom stereocenters. The minimum atomic E-state index is -4.09. The van der Waals surface area contributed by atoms with Crippen molar-refractivity contribution < 1.29 is 18.0 Å². The molecule has 0 unspecified atom stereocenters. The third-order valence-electron chi connectivity index (χ3n) is 6.22. The summed E-state index contributed by atoms with van der Waals surface area (Å²) in [4.78, 5) is 28.5. The third-order valence-corrected chi connectivity index (χ3v) is 8.26. The maximum absolute atomic E-state index is 13.9. The molecule has 0 aliphatic carbocycles. The zero-order valence-electron chi connectivity index (χ0n) is 23.0. The van der Waals surface area contributed by atoms with E-state index in [-0.39, 0.29) is 23.3 Å². The topological polar surface area (TPSA) is 86.8 Å². The van der Waals surface area contributed by atoms with Gasteiger partial charge in [-0.3, -0.25) is 13.9 Å². The van der Waals surface area contributed by atoms with Gasteiger partial charge in [0.1, 0.15) is 12.6 Å². The van der Waals surface area contributed by atoms with Crippen molar-refractivity contribution in [2.45, 2.75) is 52.1 Å². The first-order valence-electron chi connectivity index (χ1n) is 12.9. The second kappa shape index (κ2) is 13.1. The summed E-state index contributed by atoms with van der Waals surface area (Å²) in [6.07, 6.45) is 0. The van der Waals surface area contributed by atoms with Gasteiger partial charge in [0, 0.05) is 18.1 Å². The normalized spacial score (nSPS) is 12.2. The van der Waals surface area contributed by atoms with Gasteiger partial charge in [0.2, 0.25) is 11.8 Å². The number of benzene rings is 3. The average molecular weight is 570 g/mol. The molecule has 2 amide bonds. The molecule has 0 spiro atoms. The Morgan fingerprint density at radius 3 is 2.05 bits per heavy atom. The van der Waals surface area contributed by atoms with E-state index in [1.165, 1.54) is 17.0 Å². The number of hydrogen-bond donors (Lipinski definition) is 1. The van der Waals surface area contributed by atoms with E-state index >= 15 is 0 Å². The zero-order chi connectivity index (χ0) is 28.7. The number of carbonyl (C=O) groups is 2. The number of nitrogens with zero attached hydrogens (tertiary/aromatic N) is 2. The summed E-state index contributed by atoms with van der Waals surface area (Å²) >= 11 is 6.05. The van der Waals surface area contributed by atoms with Crippen LogP contribution in [0.25, 0.3) is 0 Å². The Morgan fingerprint density at radius 2 is 1.49 bits per heavy atom. The van der Waals surface area contributed by atoms with Gasteiger partial charge in [0.15, 0.2) is 0 Å². The fraction of sp³-hybridized carbons (Fsp3) is 0.333. The average Bonchev–Trinajstić information content (AvgIpc) is 2.89. The van der Waals surface area contributed by atoms with E-state index in [0.717, 1.165) is 21.0 Å². The van der Waals surface area contributed by atoms with Crippen LogP contribution < -0.4 is 9.62 Å². The Labute approximate surface area is 236 Å². The second-order valence-corrected chi connectivity index (χ2v) is 12.4. The molecular weight excluding hydrogens is 534 g/mol. The number of amides is 2. The summed E-state index contributed by atoms with van der Waals surface area (Å²) < 4.78 is 28.8. The van der Waals surface area contributed by atoms with Crippen LogP contribution in [-0.2, 0) is 26.2 Å². The van der Waals surface area contributed by atoms with Crippen molar-refractivity contribution in [3.63, 3.8) is 0 Å². The Balaban J connectivity index is 2.03. The van der Waals surface area contributed by atoms with Crippen molar-refractivity contribution in [3.05, 3.63) is 94.5 Å². The highest BCUT2D eigenvalue weighted by Gasteiger charge is 2.32. The zero-order valence-corrected chi connectivity index (χ0v) is 24.6. The van der Waals surface area contributed by atoms with Gasteiger partial charge in [0.05, 0.1) is 10.6 Å². The SMILES string of the molecule is Cc1cc(C)cc(N(CC(=O)N(Cc2ccc(Cl)cc2)[C@@H](C)C(=O)NCC(C)C)S(=O)(=O)c2ccccc2)c1. The number of rotatable bonds is 11. The largest absolute Gasteiger partial charge is 0.354 e. The van der Waals surface area contributed by atoms with Gasteiger partial charge in [0.25, 0.3) is 10.0 Å². The van der Waals surface area contributed by atoms with Crippen LogP contribution in [0, 0.1) is 19.8 Å². The van der Waals surface area contributed by atoms with Gasteiger partial charge in [-0.25, -0.2) is 8.42 Å². The van der Waals surface area contributed by atoms with E-state index in [0.29, 0.717) is 17.3 Å². The van der Waals surface area contributed by atoms with Crippen LogP contribution in [0.1, 0.15) is 37.5 Å². The van der Waals surface area contributed by atoms with Gasteiger partial charge in [-0.15, -0.1) is 0 Å². The van der Waals surface area contributed by atoms with Crippen molar-refractivity contribution in [2.75, 3.05) is 17.4 Å². The van der Waals surface area contributed by atoms with Crippen LogP contribution in [0.5, 0.6) is 0 Å². The van der Waals surface area contributed by atoms with Gasteiger partial charge in [-0.1, -0.05) is 61.8 Å². The van der Waals surface area contributed by atoms with Crippen molar-refractivity contribution in [1.82, 2.24) is 10.2 Å². The van der Waals surface area contributed by atoms with Crippen molar-refractivity contribution in [1.29, 1.82) is 0 Å².